The fourth-order valence-corrected chi connectivity index (χ4v) is 2.06. The lowest BCUT2D eigenvalue weighted by Gasteiger charge is -2.18. The molecule has 2 aromatic rings. The van der Waals surface area contributed by atoms with Crippen LogP contribution in [0.3, 0.4) is 0 Å². The Morgan fingerprint density at radius 3 is 2.61 bits per heavy atom. The fraction of sp³-hybridized carbons (Fsp3) is 0.400. The predicted octanol–water partition coefficient (Wildman–Crippen LogP) is 2.78. The summed E-state index contributed by atoms with van der Waals surface area (Å²) in [6.45, 7) is 6.17. The standard InChI is InChI=1S/C15H21N3/c1-3-10-16-12-15(14-7-5-4-6-8-14)18-11-9-13(2)17-18/h4-9,11,15-16H,3,10,12H2,1-2H3. The molecular formula is C15H21N3. The molecule has 2 rings (SSSR count). The van der Waals surface area contributed by atoms with Crippen LogP contribution >= 0.6 is 0 Å². The van der Waals surface area contributed by atoms with Crippen molar-refractivity contribution in [2.24, 2.45) is 0 Å². The third-order valence-corrected chi connectivity index (χ3v) is 3.01. The molecule has 3 nitrogen and oxygen atoms in total. The average molecular weight is 243 g/mol. The van der Waals surface area contributed by atoms with E-state index in [4.69, 9.17) is 0 Å². The van der Waals surface area contributed by atoms with Crippen LogP contribution < -0.4 is 5.32 Å². The van der Waals surface area contributed by atoms with E-state index in [2.05, 4.69) is 53.9 Å². The molecule has 1 unspecified atom stereocenters. The molecule has 0 spiro atoms. The first-order valence-electron chi connectivity index (χ1n) is 6.58. The first-order chi connectivity index (χ1) is 8.81. The van der Waals surface area contributed by atoms with Gasteiger partial charge in [-0.25, -0.2) is 0 Å². The Balaban J connectivity index is 2.18. The normalized spacial score (nSPS) is 12.6. The lowest BCUT2D eigenvalue weighted by atomic mass is 10.1. The number of hydrogen-bond donors (Lipinski definition) is 1. The molecule has 1 aromatic carbocycles. The van der Waals surface area contributed by atoms with Gasteiger partial charge in [0.1, 0.15) is 0 Å². The second-order valence-electron chi connectivity index (χ2n) is 4.57. The maximum atomic E-state index is 4.54. The molecule has 0 saturated carbocycles. The molecule has 3 heteroatoms. The topological polar surface area (TPSA) is 29.9 Å². The van der Waals surface area contributed by atoms with Crippen molar-refractivity contribution in [1.82, 2.24) is 15.1 Å². The lowest BCUT2D eigenvalue weighted by molar-refractivity contribution is 0.478. The van der Waals surface area contributed by atoms with E-state index in [9.17, 15) is 0 Å². The van der Waals surface area contributed by atoms with Gasteiger partial charge in [-0.2, -0.15) is 5.10 Å². The highest BCUT2D eigenvalue weighted by Crippen LogP contribution is 2.16. The van der Waals surface area contributed by atoms with Crippen molar-refractivity contribution in [3.05, 3.63) is 53.9 Å². The number of nitrogens with one attached hydrogen (secondary N) is 1. The third kappa shape index (κ3) is 3.20. The van der Waals surface area contributed by atoms with E-state index < -0.39 is 0 Å². The Hall–Kier alpha value is -1.61. The van der Waals surface area contributed by atoms with Crippen molar-refractivity contribution >= 4 is 0 Å². The summed E-state index contributed by atoms with van der Waals surface area (Å²) in [6.07, 6.45) is 3.21. The Morgan fingerprint density at radius 2 is 2.00 bits per heavy atom. The van der Waals surface area contributed by atoms with Gasteiger partial charge in [-0.15, -0.1) is 0 Å². The number of aromatic nitrogens is 2. The summed E-state index contributed by atoms with van der Waals surface area (Å²) < 4.78 is 2.05. The monoisotopic (exact) mass is 243 g/mol. The predicted molar refractivity (Wildman–Crippen MR) is 74.7 cm³/mol. The zero-order valence-electron chi connectivity index (χ0n) is 11.1. The molecule has 0 aliphatic heterocycles. The van der Waals surface area contributed by atoms with Gasteiger partial charge >= 0.3 is 0 Å². The Labute approximate surface area is 109 Å². The Kier molecular flexibility index (Phi) is 4.53. The molecule has 1 atom stereocenters. The van der Waals surface area contributed by atoms with Crippen LogP contribution in [-0.4, -0.2) is 22.9 Å². The summed E-state index contributed by atoms with van der Waals surface area (Å²) in [5, 5.41) is 8.02. The molecule has 0 bridgehead atoms. The molecule has 0 fully saturated rings. The average Bonchev–Trinajstić information content (AvgIpc) is 2.82. The van der Waals surface area contributed by atoms with E-state index >= 15 is 0 Å². The molecule has 0 aliphatic rings. The molecule has 1 aromatic heterocycles. The fourth-order valence-electron chi connectivity index (χ4n) is 2.06. The lowest BCUT2D eigenvalue weighted by Crippen LogP contribution is -2.27. The zero-order valence-corrected chi connectivity index (χ0v) is 11.1. The van der Waals surface area contributed by atoms with Gasteiger partial charge in [-0.05, 0) is 31.5 Å². The minimum absolute atomic E-state index is 0.270. The van der Waals surface area contributed by atoms with E-state index in [0.29, 0.717) is 0 Å². The Bertz CT molecular complexity index is 462. The molecule has 0 radical (unpaired) electrons. The summed E-state index contributed by atoms with van der Waals surface area (Å²) in [4.78, 5) is 0. The van der Waals surface area contributed by atoms with Gasteiger partial charge in [0, 0.05) is 12.7 Å². The summed E-state index contributed by atoms with van der Waals surface area (Å²) in [5.74, 6) is 0. The van der Waals surface area contributed by atoms with Crippen molar-refractivity contribution in [2.45, 2.75) is 26.3 Å². The van der Waals surface area contributed by atoms with Crippen molar-refractivity contribution in [2.75, 3.05) is 13.1 Å². The smallest absolute Gasteiger partial charge is 0.0892 e. The highest BCUT2D eigenvalue weighted by Gasteiger charge is 2.13. The minimum Gasteiger partial charge on any atom is -0.314 e. The van der Waals surface area contributed by atoms with Crippen LogP contribution in [-0.2, 0) is 0 Å². The van der Waals surface area contributed by atoms with Crippen molar-refractivity contribution < 1.29 is 0 Å². The Morgan fingerprint density at radius 1 is 1.22 bits per heavy atom. The summed E-state index contributed by atoms with van der Waals surface area (Å²) in [5.41, 5.74) is 2.36. The van der Waals surface area contributed by atoms with E-state index in [0.717, 1.165) is 25.2 Å². The van der Waals surface area contributed by atoms with Gasteiger partial charge in [-0.1, -0.05) is 37.3 Å². The van der Waals surface area contributed by atoms with Gasteiger partial charge in [0.05, 0.1) is 11.7 Å². The molecule has 96 valence electrons. The molecule has 18 heavy (non-hydrogen) atoms. The third-order valence-electron chi connectivity index (χ3n) is 3.01. The molecular weight excluding hydrogens is 222 g/mol. The number of aryl methyl sites for hydroxylation is 1. The highest BCUT2D eigenvalue weighted by atomic mass is 15.3. The SMILES string of the molecule is CCCNCC(c1ccccc1)n1ccc(C)n1. The highest BCUT2D eigenvalue weighted by molar-refractivity contribution is 5.20. The van der Waals surface area contributed by atoms with Crippen LogP contribution in [0.5, 0.6) is 0 Å². The number of rotatable bonds is 6. The molecule has 1 N–H and O–H groups in total. The van der Waals surface area contributed by atoms with Gasteiger partial charge in [0.2, 0.25) is 0 Å². The van der Waals surface area contributed by atoms with Crippen LogP contribution in [0.25, 0.3) is 0 Å². The second kappa shape index (κ2) is 6.36. The van der Waals surface area contributed by atoms with E-state index in [1.165, 1.54) is 5.56 Å². The first kappa shape index (κ1) is 12.8. The molecule has 0 aliphatic carbocycles. The van der Waals surface area contributed by atoms with Crippen molar-refractivity contribution in [3.8, 4) is 0 Å². The van der Waals surface area contributed by atoms with Gasteiger partial charge < -0.3 is 5.32 Å². The van der Waals surface area contributed by atoms with Crippen molar-refractivity contribution in [3.63, 3.8) is 0 Å². The van der Waals surface area contributed by atoms with Crippen LogP contribution in [0.2, 0.25) is 0 Å². The maximum Gasteiger partial charge on any atom is 0.0892 e. The van der Waals surface area contributed by atoms with Crippen LogP contribution in [0.1, 0.15) is 30.6 Å². The van der Waals surface area contributed by atoms with Crippen LogP contribution in [0.4, 0.5) is 0 Å². The molecule has 1 heterocycles. The summed E-state index contributed by atoms with van der Waals surface area (Å²) >= 11 is 0. The van der Waals surface area contributed by atoms with E-state index in [1.54, 1.807) is 0 Å². The summed E-state index contributed by atoms with van der Waals surface area (Å²) in [7, 11) is 0. The van der Waals surface area contributed by atoms with Crippen molar-refractivity contribution in [1.29, 1.82) is 0 Å². The van der Waals surface area contributed by atoms with Gasteiger partial charge in [-0.3, -0.25) is 4.68 Å². The second-order valence-corrected chi connectivity index (χ2v) is 4.57. The maximum absolute atomic E-state index is 4.54. The molecule has 0 amide bonds. The van der Waals surface area contributed by atoms with Crippen LogP contribution in [0, 0.1) is 6.92 Å². The quantitative estimate of drug-likeness (QED) is 0.791. The van der Waals surface area contributed by atoms with Crippen LogP contribution in [0.15, 0.2) is 42.6 Å². The summed E-state index contributed by atoms with van der Waals surface area (Å²) in [6, 6.07) is 12.9. The number of benzene rings is 1. The largest absolute Gasteiger partial charge is 0.314 e. The van der Waals surface area contributed by atoms with Gasteiger partial charge in [0.15, 0.2) is 0 Å². The number of hydrogen-bond acceptors (Lipinski definition) is 2. The van der Waals surface area contributed by atoms with Gasteiger partial charge in [0.25, 0.3) is 0 Å². The minimum atomic E-state index is 0.270. The number of nitrogens with zero attached hydrogens (tertiary/aromatic N) is 2. The van der Waals surface area contributed by atoms with E-state index in [1.807, 2.05) is 17.7 Å². The first-order valence-corrected chi connectivity index (χ1v) is 6.58. The van der Waals surface area contributed by atoms with E-state index in [-0.39, 0.29) is 6.04 Å². The zero-order chi connectivity index (χ0) is 12.8. The molecule has 0 saturated heterocycles.